The van der Waals surface area contributed by atoms with Crippen molar-refractivity contribution in [2.75, 3.05) is 34.2 Å². The Bertz CT molecular complexity index is 4040. The molecule has 4 aliphatic rings. The number of anilines is 1. The summed E-state index contributed by atoms with van der Waals surface area (Å²) in [6.45, 7) is 1.61. The third-order valence-corrected chi connectivity index (χ3v) is 21.6. The van der Waals surface area contributed by atoms with Crippen LogP contribution in [0.5, 0.6) is 23.0 Å². The highest BCUT2D eigenvalue weighted by atomic mass is 32.2. The van der Waals surface area contributed by atoms with E-state index in [1.807, 2.05) is 78.9 Å². The molecule has 3 N–H and O–H groups in total. The Balaban J connectivity index is 0.000000187. The van der Waals surface area contributed by atoms with Crippen LogP contribution in [0.3, 0.4) is 0 Å². The van der Waals surface area contributed by atoms with Crippen molar-refractivity contribution in [1.29, 1.82) is 0 Å². The Morgan fingerprint density at radius 3 is 1.56 bits per heavy atom. The summed E-state index contributed by atoms with van der Waals surface area (Å²) in [5, 5.41) is 32.6. The van der Waals surface area contributed by atoms with Crippen LogP contribution < -0.4 is 24.7 Å². The van der Waals surface area contributed by atoms with Gasteiger partial charge in [-0.15, -0.1) is 0 Å². The summed E-state index contributed by atoms with van der Waals surface area (Å²) in [5.74, 6) is 3.32. The molecule has 21 heteroatoms. The lowest BCUT2D eigenvalue weighted by Crippen LogP contribution is -2.30. The summed E-state index contributed by atoms with van der Waals surface area (Å²) in [6.07, 6.45) is 19.4. The summed E-state index contributed by atoms with van der Waals surface area (Å²) in [6, 6.07) is 37.0. The van der Waals surface area contributed by atoms with Gasteiger partial charge < -0.3 is 29.8 Å². The van der Waals surface area contributed by atoms with Crippen LogP contribution in [0.25, 0.3) is 0 Å². The molecule has 2 unspecified atom stereocenters. The van der Waals surface area contributed by atoms with E-state index >= 15 is 0 Å². The standard InChI is InChI=1S/C35H38N4O7S.C35H42N4O4S/c1-45-29-12-8-25(9-13-29)23-38(24-26-10-14-30(46-2)15-11-26)47(43,44)32-17-21-37(36-32)20-4-3-18-35(40)19-16-28-22-27-6-5-7-31(27)34(33(28)35)39(41)42;1-42-30-15-9-25(10-16-30)23-39(24-26-11-17-31(43-2)18-12-26)44(40,41)33-19-21-38(37-33)20-4-3-6-27-13-14-29-22-28-7-5-8-32(28)35(36)34(27)29/h3-4,8-15,17,21-22,40H,5-7,16,18-20,23-24H2,1-2H3;9-12,15-19,21-22,27H,3-8,13-14,20,23-24,36H2,1-2H3/b4-3+;. The number of benzene rings is 6. The van der Waals surface area contributed by atoms with Gasteiger partial charge in [-0.2, -0.15) is 18.8 Å². The van der Waals surface area contributed by atoms with Crippen LogP contribution in [0.15, 0.2) is 156 Å². The normalized spacial score (nSPS) is 16.6. The number of ether oxygens (including phenoxy) is 4. The summed E-state index contributed by atoms with van der Waals surface area (Å²) in [7, 11) is -1.50. The number of aromatic nitrogens is 4. The molecule has 91 heavy (non-hydrogen) atoms. The van der Waals surface area contributed by atoms with Gasteiger partial charge in [0.05, 0.1) is 45.5 Å². The van der Waals surface area contributed by atoms with Crippen molar-refractivity contribution in [1.82, 2.24) is 28.2 Å². The molecule has 19 nitrogen and oxygen atoms in total. The molecular formula is C70H80N8O11S2. The minimum Gasteiger partial charge on any atom is -0.497 e. The first kappa shape index (κ1) is 64.2. The molecule has 0 saturated heterocycles. The molecule has 4 aliphatic carbocycles. The molecule has 8 aromatic rings. The first-order chi connectivity index (χ1) is 44.0. The lowest BCUT2D eigenvalue weighted by molar-refractivity contribution is -0.387. The van der Waals surface area contributed by atoms with Gasteiger partial charge in [-0.1, -0.05) is 79.2 Å². The molecule has 0 fully saturated rings. The van der Waals surface area contributed by atoms with Gasteiger partial charge in [0.2, 0.25) is 0 Å². The van der Waals surface area contributed by atoms with Crippen molar-refractivity contribution < 1.29 is 45.8 Å². The van der Waals surface area contributed by atoms with E-state index in [1.54, 1.807) is 88.0 Å². The molecular weight excluding hydrogens is 1190 g/mol. The van der Waals surface area contributed by atoms with Gasteiger partial charge in [0, 0.05) is 56.4 Å². The molecule has 0 aliphatic heterocycles. The van der Waals surface area contributed by atoms with Gasteiger partial charge in [-0.25, -0.2) is 16.8 Å². The minimum absolute atomic E-state index is 0.0610. The number of hydrogen-bond acceptors (Lipinski definition) is 14. The lowest BCUT2D eigenvalue weighted by atomic mass is 9.88. The topological polar surface area (TPSA) is 237 Å². The number of nitro groups is 1. The number of hydrogen-bond donors (Lipinski definition) is 2. The van der Waals surface area contributed by atoms with Gasteiger partial charge >= 0.3 is 0 Å². The number of nitrogens with two attached hydrogens (primary N) is 1. The largest absolute Gasteiger partial charge is 0.497 e. The lowest BCUT2D eigenvalue weighted by Gasteiger charge is -2.23. The maximum absolute atomic E-state index is 13.9. The van der Waals surface area contributed by atoms with E-state index in [4.69, 9.17) is 24.7 Å². The van der Waals surface area contributed by atoms with E-state index in [-0.39, 0.29) is 59.8 Å². The Morgan fingerprint density at radius 2 is 1.07 bits per heavy atom. The molecule has 0 radical (unpaired) electrons. The fourth-order valence-electron chi connectivity index (χ4n) is 13.4. The van der Waals surface area contributed by atoms with Crippen LogP contribution in [0.2, 0.25) is 0 Å². The predicted octanol–water partition coefficient (Wildman–Crippen LogP) is 11.7. The Morgan fingerprint density at radius 1 is 0.604 bits per heavy atom. The predicted molar refractivity (Wildman–Crippen MR) is 348 cm³/mol. The number of aliphatic hydroxyl groups is 1. The number of nitro benzene ring substituents is 1. The van der Waals surface area contributed by atoms with Crippen LogP contribution in [0.4, 0.5) is 11.4 Å². The quantitative estimate of drug-likeness (QED) is 0.0169. The monoisotopic (exact) mass is 1270 g/mol. The van der Waals surface area contributed by atoms with Crippen molar-refractivity contribution >= 4 is 31.4 Å². The van der Waals surface area contributed by atoms with Crippen LogP contribution in [0.1, 0.15) is 124 Å². The first-order valence-electron chi connectivity index (χ1n) is 31.2. The average molecular weight is 1270 g/mol. The van der Waals surface area contributed by atoms with E-state index in [1.165, 1.54) is 60.9 Å². The SMILES string of the molecule is COc1ccc(CN(Cc2ccc(OC)cc2)S(=O)(=O)c2ccn(C/C=C/CC3(O)CCc4cc5c(c([N+](=O)[O-])c43)CCC5)n2)cc1.COc1ccc(CN(Cc2ccc(OC)cc2)S(=O)(=O)c2ccn(CCCCC3CCc4cc5c(c(N)c43)CCC5)n2)cc1. The molecule has 12 rings (SSSR count). The molecule has 2 atom stereocenters. The molecule has 6 aromatic carbocycles. The fourth-order valence-corrected chi connectivity index (χ4v) is 16.1. The number of methoxy groups -OCH3 is 4. The Labute approximate surface area is 533 Å². The summed E-state index contributed by atoms with van der Waals surface area (Å²) in [4.78, 5) is 11.8. The van der Waals surface area contributed by atoms with E-state index in [9.17, 15) is 32.1 Å². The number of unbranched alkanes of at least 4 members (excludes halogenated alkanes) is 1. The second-order valence-corrected chi connectivity index (χ2v) is 27.8. The van der Waals surface area contributed by atoms with E-state index in [0.717, 1.165) is 101 Å². The highest BCUT2D eigenvalue weighted by Gasteiger charge is 2.44. The van der Waals surface area contributed by atoms with Gasteiger partial charge in [-0.05, 0) is 206 Å². The Hall–Kier alpha value is -8.34. The number of fused-ring (bicyclic) bond motifs is 4. The first-order valence-corrected chi connectivity index (χ1v) is 34.1. The molecule has 478 valence electrons. The third kappa shape index (κ3) is 14.4. The highest BCUT2D eigenvalue weighted by Crippen LogP contribution is 2.49. The zero-order chi connectivity index (χ0) is 63.9. The summed E-state index contributed by atoms with van der Waals surface area (Å²) >= 11 is 0. The molecule has 0 amide bonds. The molecule has 2 aromatic heterocycles. The maximum Gasteiger partial charge on any atom is 0.279 e. The van der Waals surface area contributed by atoms with Crippen molar-refractivity contribution in [2.45, 2.75) is 151 Å². The second-order valence-electron chi connectivity index (χ2n) is 24.0. The third-order valence-electron chi connectivity index (χ3n) is 18.3. The molecule has 0 saturated carbocycles. The maximum atomic E-state index is 13.9. The number of aryl methyl sites for hydroxylation is 5. The van der Waals surface area contributed by atoms with Crippen LogP contribution >= 0.6 is 0 Å². The smallest absolute Gasteiger partial charge is 0.279 e. The number of nitrogen functional groups attached to an aromatic ring is 1. The second kappa shape index (κ2) is 28.0. The molecule has 0 spiro atoms. The van der Waals surface area contributed by atoms with Crippen molar-refractivity contribution in [3.63, 3.8) is 0 Å². The summed E-state index contributed by atoms with van der Waals surface area (Å²) in [5.41, 5.74) is 18.7. The van der Waals surface area contributed by atoms with E-state index < -0.39 is 25.6 Å². The highest BCUT2D eigenvalue weighted by molar-refractivity contribution is 7.89. The van der Waals surface area contributed by atoms with Crippen molar-refractivity contribution in [2.24, 2.45) is 0 Å². The van der Waals surface area contributed by atoms with Crippen molar-refractivity contribution in [3.8, 4) is 23.0 Å². The van der Waals surface area contributed by atoms with Crippen LogP contribution in [-0.4, -0.2) is 83.5 Å². The molecule has 2 heterocycles. The van der Waals surface area contributed by atoms with Gasteiger partial charge in [0.15, 0.2) is 10.1 Å². The van der Waals surface area contributed by atoms with Crippen LogP contribution in [0, 0.1) is 10.1 Å². The number of allylic oxidation sites excluding steroid dienone is 1. The zero-order valence-corrected chi connectivity index (χ0v) is 53.8. The van der Waals surface area contributed by atoms with Crippen LogP contribution in [-0.2, 0) is 103 Å². The fraction of sp³-hybridized carbons (Fsp3) is 0.371. The molecule has 0 bridgehead atoms. The van der Waals surface area contributed by atoms with Gasteiger partial charge in [0.25, 0.3) is 25.7 Å². The average Bonchev–Trinajstić information content (AvgIpc) is 1.65. The van der Waals surface area contributed by atoms with E-state index in [0.29, 0.717) is 48.8 Å². The summed E-state index contributed by atoms with van der Waals surface area (Å²) < 4.78 is 82.9. The number of rotatable bonds is 26. The van der Waals surface area contributed by atoms with Crippen molar-refractivity contribution in [3.05, 3.63) is 223 Å². The zero-order valence-electron chi connectivity index (χ0n) is 52.1. The minimum atomic E-state index is -4.00. The van der Waals surface area contributed by atoms with E-state index in [2.05, 4.69) is 16.3 Å². The Kier molecular flexibility index (Phi) is 19.8. The van der Waals surface area contributed by atoms with Gasteiger partial charge in [-0.3, -0.25) is 19.5 Å². The number of sulfonamides is 2. The van der Waals surface area contributed by atoms with Gasteiger partial charge in [0.1, 0.15) is 28.6 Å². The number of nitrogens with zero attached hydrogens (tertiary/aromatic N) is 7.